The molecule has 1 unspecified atom stereocenters. The molecule has 0 aliphatic carbocycles. The Hall–Kier alpha value is -1.56. The molecule has 0 aromatic carbocycles. The van der Waals surface area contributed by atoms with E-state index in [2.05, 4.69) is 10.4 Å². The van der Waals surface area contributed by atoms with E-state index in [4.69, 9.17) is 11.6 Å². The predicted octanol–water partition coefficient (Wildman–Crippen LogP) is 0.814. The van der Waals surface area contributed by atoms with E-state index in [-0.39, 0.29) is 11.8 Å². The lowest BCUT2D eigenvalue weighted by molar-refractivity contribution is -0.126. The van der Waals surface area contributed by atoms with Gasteiger partial charge in [-0.15, -0.1) is 0 Å². The summed E-state index contributed by atoms with van der Waals surface area (Å²) < 4.78 is 1.44. The van der Waals surface area contributed by atoms with Gasteiger partial charge in [-0.2, -0.15) is 5.10 Å². The first kappa shape index (κ1) is 13.9. The first-order valence-corrected chi connectivity index (χ1v) is 6.64. The normalized spacial score (nSPS) is 19.3. The van der Waals surface area contributed by atoms with Crippen molar-refractivity contribution in [2.75, 3.05) is 13.6 Å². The largest absolute Gasteiger partial charge is 0.357 e. The fourth-order valence-corrected chi connectivity index (χ4v) is 2.65. The van der Waals surface area contributed by atoms with Crippen LogP contribution in [0, 0.1) is 0 Å². The minimum Gasteiger partial charge on any atom is -0.357 e. The molecule has 0 saturated carbocycles. The fourth-order valence-electron chi connectivity index (χ4n) is 2.40. The van der Waals surface area contributed by atoms with Crippen LogP contribution in [0.15, 0.2) is 6.20 Å². The van der Waals surface area contributed by atoms with Crippen molar-refractivity contribution in [3.8, 4) is 0 Å². The predicted molar refractivity (Wildman–Crippen MR) is 71.0 cm³/mol. The number of nitrogens with one attached hydrogen (secondary N) is 1. The molecule has 1 aliphatic rings. The Morgan fingerprint density at radius 1 is 1.47 bits per heavy atom. The average Bonchev–Trinajstić information content (AvgIpc) is 2.76. The number of amides is 2. The summed E-state index contributed by atoms with van der Waals surface area (Å²) in [6.07, 6.45) is 3.96. The van der Waals surface area contributed by atoms with Gasteiger partial charge in [0.1, 0.15) is 11.7 Å². The van der Waals surface area contributed by atoms with Crippen molar-refractivity contribution in [2.45, 2.75) is 25.3 Å². The molecule has 0 bridgehead atoms. The zero-order valence-electron chi connectivity index (χ0n) is 11.0. The molecule has 1 N–H and O–H groups in total. The van der Waals surface area contributed by atoms with Crippen LogP contribution in [0.1, 0.15) is 29.8 Å². The van der Waals surface area contributed by atoms with E-state index >= 15 is 0 Å². The molecule has 2 amide bonds. The van der Waals surface area contributed by atoms with Gasteiger partial charge in [0.2, 0.25) is 5.91 Å². The van der Waals surface area contributed by atoms with Gasteiger partial charge in [-0.25, -0.2) is 0 Å². The summed E-state index contributed by atoms with van der Waals surface area (Å²) >= 11 is 5.99. The molecule has 1 aromatic heterocycles. The van der Waals surface area contributed by atoms with Crippen LogP contribution in [-0.2, 0) is 11.8 Å². The standard InChI is InChI=1S/C12H17ClN4O2/c1-14-11(18)9-5-3-4-6-17(9)12(19)10-8(13)7-15-16(10)2/h7,9H,3-6H2,1-2H3,(H,14,18). The summed E-state index contributed by atoms with van der Waals surface area (Å²) in [6, 6.07) is -0.419. The lowest BCUT2D eigenvalue weighted by Gasteiger charge is -2.34. The number of piperidine rings is 1. The van der Waals surface area contributed by atoms with Crippen molar-refractivity contribution in [3.05, 3.63) is 16.9 Å². The maximum Gasteiger partial charge on any atom is 0.274 e. The van der Waals surface area contributed by atoms with Crippen LogP contribution in [0.5, 0.6) is 0 Å². The molecule has 0 spiro atoms. The van der Waals surface area contributed by atoms with Crippen LogP contribution >= 0.6 is 11.6 Å². The number of rotatable bonds is 2. The molecule has 1 atom stereocenters. The Morgan fingerprint density at radius 3 is 2.79 bits per heavy atom. The number of nitrogens with zero attached hydrogens (tertiary/aromatic N) is 3. The number of aromatic nitrogens is 2. The number of likely N-dealkylation sites (tertiary alicyclic amines) is 1. The second-order valence-electron chi connectivity index (χ2n) is 4.59. The minimum atomic E-state index is -0.419. The molecule has 6 nitrogen and oxygen atoms in total. The molecule has 1 aliphatic heterocycles. The van der Waals surface area contributed by atoms with Crippen molar-refractivity contribution in [3.63, 3.8) is 0 Å². The third-order valence-electron chi connectivity index (χ3n) is 3.41. The lowest BCUT2D eigenvalue weighted by atomic mass is 10.0. The van der Waals surface area contributed by atoms with Crippen LogP contribution in [0.25, 0.3) is 0 Å². The van der Waals surface area contributed by atoms with Gasteiger partial charge in [0.05, 0.1) is 11.2 Å². The number of halogens is 1. The molecule has 2 rings (SSSR count). The van der Waals surface area contributed by atoms with Crippen LogP contribution in [0.2, 0.25) is 5.02 Å². The van der Waals surface area contributed by atoms with Crippen LogP contribution in [-0.4, -0.2) is 46.1 Å². The molecular formula is C12H17ClN4O2. The number of hydrogen-bond donors (Lipinski definition) is 1. The van der Waals surface area contributed by atoms with E-state index in [0.29, 0.717) is 23.7 Å². The van der Waals surface area contributed by atoms with Crippen LogP contribution in [0.4, 0.5) is 0 Å². The molecule has 1 saturated heterocycles. The van der Waals surface area contributed by atoms with Gasteiger partial charge < -0.3 is 10.2 Å². The van der Waals surface area contributed by atoms with Gasteiger partial charge in [0.15, 0.2) is 0 Å². The maximum absolute atomic E-state index is 12.5. The van der Waals surface area contributed by atoms with Gasteiger partial charge in [-0.05, 0) is 19.3 Å². The van der Waals surface area contributed by atoms with E-state index < -0.39 is 6.04 Å². The summed E-state index contributed by atoms with van der Waals surface area (Å²) in [5.74, 6) is -0.371. The van der Waals surface area contributed by atoms with Crippen molar-refractivity contribution in [2.24, 2.45) is 7.05 Å². The third-order valence-corrected chi connectivity index (χ3v) is 3.69. The molecule has 1 aromatic rings. The second-order valence-corrected chi connectivity index (χ2v) is 5.00. The van der Waals surface area contributed by atoms with E-state index in [1.807, 2.05) is 0 Å². The molecule has 19 heavy (non-hydrogen) atoms. The second kappa shape index (κ2) is 5.61. The summed E-state index contributed by atoms with van der Waals surface area (Å²) in [6.45, 7) is 0.568. The molecule has 2 heterocycles. The Morgan fingerprint density at radius 2 is 2.21 bits per heavy atom. The number of hydrogen-bond acceptors (Lipinski definition) is 3. The zero-order valence-corrected chi connectivity index (χ0v) is 11.8. The molecule has 104 valence electrons. The average molecular weight is 285 g/mol. The highest BCUT2D eigenvalue weighted by Gasteiger charge is 2.34. The van der Waals surface area contributed by atoms with Crippen molar-refractivity contribution >= 4 is 23.4 Å². The Kier molecular flexibility index (Phi) is 4.09. The number of carbonyl (C=O) groups is 2. The molecule has 7 heteroatoms. The highest BCUT2D eigenvalue weighted by atomic mass is 35.5. The smallest absolute Gasteiger partial charge is 0.274 e. The summed E-state index contributed by atoms with van der Waals surface area (Å²) in [5.41, 5.74) is 0.331. The maximum atomic E-state index is 12.5. The fraction of sp³-hybridized carbons (Fsp3) is 0.583. The summed E-state index contributed by atoms with van der Waals surface area (Å²) in [7, 11) is 3.24. The molecule has 0 radical (unpaired) electrons. The summed E-state index contributed by atoms with van der Waals surface area (Å²) in [4.78, 5) is 26.0. The van der Waals surface area contributed by atoms with Gasteiger partial charge >= 0.3 is 0 Å². The highest BCUT2D eigenvalue weighted by molar-refractivity contribution is 6.33. The van der Waals surface area contributed by atoms with Crippen molar-refractivity contribution < 1.29 is 9.59 Å². The monoisotopic (exact) mass is 284 g/mol. The topological polar surface area (TPSA) is 67.2 Å². The number of carbonyl (C=O) groups excluding carboxylic acids is 2. The van der Waals surface area contributed by atoms with Crippen LogP contribution in [0.3, 0.4) is 0 Å². The Labute approximate surface area is 116 Å². The highest BCUT2D eigenvalue weighted by Crippen LogP contribution is 2.23. The van der Waals surface area contributed by atoms with Gasteiger partial charge in [0, 0.05) is 20.6 Å². The quantitative estimate of drug-likeness (QED) is 0.874. The van der Waals surface area contributed by atoms with E-state index in [1.165, 1.54) is 10.9 Å². The van der Waals surface area contributed by atoms with E-state index in [0.717, 1.165) is 12.8 Å². The Balaban J connectivity index is 2.28. The number of likely N-dealkylation sites (N-methyl/N-ethyl adjacent to an activating group) is 1. The van der Waals surface area contributed by atoms with E-state index in [9.17, 15) is 9.59 Å². The van der Waals surface area contributed by atoms with E-state index in [1.54, 1.807) is 19.0 Å². The zero-order chi connectivity index (χ0) is 14.0. The summed E-state index contributed by atoms with van der Waals surface area (Å²) in [5, 5.41) is 6.88. The minimum absolute atomic E-state index is 0.133. The SMILES string of the molecule is CNC(=O)C1CCCCN1C(=O)c1c(Cl)cnn1C. The number of aryl methyl sites for hydroxylation is 1. The first-order valence-electron chi connectivity index (χ1n) is 6.26. The third kappa shape index (κ3) is 2.58. The van der Waals surface area contributed by atoms with Gasteiger partial charge in [0.25, 0.3) is 5.91 Å². The Bertz CT molecular complexity index is 480. The molecule has 1 fully saturated rings. The van der Waals surface area contributed by atoms with Gasteiger partial charge in [-0.1, -0.05) is 11.6 Å². The lowest BCUT2D eigenvalue weighted by Crippen LogP contribution is -2.51. The van der Waals surface area contributed by atoms with Crippen molar-refractivity contribution in [1.82, 2.24) is 20.0 Å². The first-order chi connectivity index (χ1) is 9.06. The van der Waals surface area contributed by atoms with Crippen LogP contribution < -0.4 is 5.32 Å². The molecular weight excluding hydrogens is 268 g/mol. The van der Waals surface area contributed by atoms with Crippen molar-refractivity contribution in [1.29, 1.82) is 0 Å². The van der Waals surface area contributed by atoms with Gasteiger partial charge in [-0.3, -0.25) is 14.3 Å².